The first-order valence-electron chi connectivity index (χ1n) is 7.99. The fourth-order valence-electron chi connectivity index (χ4n) is 3.83. The average molecular weight is 287 g/mol. The number of hydrogen-bond acceptors (Lipinski definition) is 2. The van der Waals surface area contributed by atoms with E-state index in [4.69, 9.17) is 4.74 Å². The molecular formula is C18H25NO2. The van der Waals surface area contributed by atoms with Gasteiger partial charge < -0.3 is 10.1 Å². The number of hydrogen-bond donors (Lipinski definition) is 1. The quantitative estimate of drug-likeness (QED) is 0.855. The summed E-state index contributed by atoms with van der Waals surface area (Å²) in [5.74, 6) is 1.09. The lowest BCUT2D eigenvalue weighted by Gasteiger charge is -2.26. The summed E-state index contributed by atoms with van der Waals surface area (Å²) in [4.78, 5) is 12.1. The highest BCUT2D eigenvalue weighted by atomic mass is 16.6. The Hall–Kier alpha value is -1.51. The summed E-state index contributed by atoms with van der Waals surface area (Å²) >= 11 is 0. The predicted octanol–water partition coefficient (Wildman–Crippen LogP) is 3.70. The summed E-state index contributed by atoms with van der Waals surface area (Å²) in [7, 11) is 0. The van der Waals surface area contributed by atoms with Gasteiger partial charge in [0.25, 0.3) is 0 Å². The molecule has 114 valence electrons. The molecule has 1 aromatic carbocycles. The zero-order valence-electron chi connectivity index (χ0n) is 13.2. The number of benzene rings is 1. The van der Waals surface area contributed by atoms with Gasteiger partial charge in [-0.2, -0.15) is 0 Å². The highest BCUT2D eigenvalue weighted by Crippen LogP contribution is 2.40. The predicted molar refractivity (Wildman–Crippen MR) is 83.2 cm³/mol. The van der Waals surface area contributed by atoms with E-state index >= 15 is 0 Å². The van der Waals surface area contributed by atoms with Gasteiger partial charge in [0.1, 0.15) is 5.60 Å². The average Bonchev–Trinajstić information content (AvgIpc) is 2.63. The molecule has 2 atom stereocenters. The van der Waals surface area contributed by atoms with Gasteiger partial charge in [-0.25, -0.2) is 4.79 Å². The van der Waals surface area contributed by atoms with Crippen LogP contribution < -0.4 is 5.32 Å². The van der Waals surface area contributed by atoms with E-state index in [1.54, 1.807) is 0 Å². The Morgan fingerprint density at radius 2 is 1.62 bits per heavy atom. The first kappa shape index (κ1) is 14.4. The summed E-state index contributed by atoms with van der Waals surface area (Å²) in [5, 5.41) is 3.15. The molecule has 0 aromatic heterocycles. The van der Waals surface area contributed by atoms with Crippen molar-refractivity contribution in [3.05, 3.63) is 35.4 Å². The van der Waals surface area contributed by atoms with Gasteiger partial charge in [0.15, 0.2) is 0 Å². The van der Waals surface area contributed by atoms with E-state index in [9.17, 15) is 4.79 Å². The number of rotatable bonds is 1. The van der Waals surface area contributed by atoms with E-state index in [1.165, 1.54) is 24.0 Å². The summed E-state index contributed by atoms with van der Waals surface area (Å²) < 4.78 is 5.43. The molecule has 2 aliphatic rings. The van der Waals surface area contributed by atoms with Crippen molar-refractivity contribution in [2.45, 2.75) is 58.1 Å². The second-order valence-electron chi connectivity index (χ2n) is 7.45. The Kier molecular flexibility index (Phi) is 3.68. The highest BCUT2D eigenvalue weighted by Gasteiger charge is 2.40. The van der Waals surface area contributed by atoms with Gasteiger partial charge in [-0.15, -0.1) is 0 Å². The minimum Gasteiger partial charge on any atom is -0.444 e. The molecular weight excluding hydrogens is 262 g/mol. The number of alkyl carbamates (subject to hydrolysis) is 1. The van der Waals surface area contributed by atoms with Crippen LogP contribution in [0.1, 0.15) is 44.7 Å². The normalized spacial score (nSPS) is 27.7. The smallest absolute Gasteiger partial charge is 0.407 e. The molecule has 1 fully saturated rings. The van der Waals surface area contributed by atoms with Crippen molar-refractivity contribution >= 4 is 6.09 Å². The van der Waals surface area contributed by atoms with Crippen molar-refractivity contribution in [2.75, 3.05) is 0 Å². The third-order valence-electron chi connectivity index (χ3n) is 4.69. The maximum Gasteiger partial charge on any atom is 0.407 e. The monoisotopic (exact) mass is 287 g/mol. The molecule has 1 aromatic rings. The second kappa shape index (κ2) is 5.36. The molecule has 0 radical (unpaired) electrons. The summed E-state index contributed by atoms with van der Waals surface area (Å²) in [6.45, 7) is 5.72. The molecule has 0 heterocycles. The molecule has 0 saturated heterocycles. The largest absolute Gasteiger partial charge is 0.444 e. The second-order valence-corrected chi connectivity index (χ2v) is 7.45. The van der Waals surface area contributed by atoms with Gasteiger partial charge >= 0.3 is 6.09 Å². The maximum atomic E-state index is 12.1. The molecule has 2 unspecified atom stereocenters. The van der Waals surface area contributed by atoms with E-state index in [-0.39, 0.29) is 12.1 Å². The van der Waals surface area contributed by atoms with E-state index < -0.39 is 5.60 Å². The summed E-state index contributed by atoms with van der Waals surface area (Å²) in [5.41, 5.74) is 2.48. The van der Waals surface area contributed by atoms with E-state index in [0.717, 1.165) is 12.8 Å². The van der Waals surface area contributed by atoms with Crippen LogP contribution in [0.15, 0.2) is 24.3 Å². The van der Waals surface area contributed by atoms with Crippen molar-refractivity contribution in [1.29, 1.82) is 0 Å². The van der Waals surface area contributed by atoms with Crippen molar-refractivity contribution in [1.82, 2.24) is 5.32 Å². The van der Waals surface area contributed by atoms with Crippen LogP contribution in [0, 0.1) is 11.8 Å². The zero-order valence-corrected chi connectivity index (χ0v) is 13.2. The molecule has 0 aliphatic heterocycles. The van der Waals surface area contributed by atoms with Crippen LogP contribution in [-0.2, 0) is 17.6 Å². The van der Waals surface area contributed by atoms with Crippen LogP contribution in [-0.4, -0.2) is 17.7 Å². The number of ether oxygens (including phenoxy) is 1. The summed E-state index contributed by atoms with van der Waals surface area (Å²) in [6.07, 6.45) is 4.30. The Morgan fingerprint density at radius 3 is 2.10 bits per heavy atom. The minimum atomic E-state index is -0.434. The van der Waals surface area contributed by atoms with Gasteiger partial charge in [-0.1, -0.05) is 24.3 Å². The maximum absolute atomic E-state index is 12.1. The van der Waals surface area contributed by atoms with Crippen LogP contribution in [0.25, 0.3) is 0 Å². The Labute approximate surface area is 127 Å². The molecule has 3 heteroatoms. The lowest BCUT2D eigenvalue weighted by molar-refractivity contribution is 0.0479. The molecule has 21 heavy (non-hydrogen) atoms. The third kappa shape index (κ3) is 3.22. The lowest BCUT2D eigenvalue weighted by atomic mass is 9.94. The van der Waals surface area contributed by atoms with Crippen molar-refractivity contribution in [3.63, 3.8) is 0 Å². The standard InChI is InChI=1S/C18H25NO2/c1-18(2,3)21-17(20)19-16-14-8-9-15(16)11-13-7-5-4-6-12(13)10-14/h4-7,14-16H,8-11H2,1-3H3,(H,19,20). The van der Waals surface area contributed by atoms with Gasteiger partial charge in [-0.05, 0) is 69.4 Å². The van der Waals surface area contributed by atoms with Gasteiger partial charge in [0.05, 0.1) is 0 Å². The number of carbonyl (C=O) groups is 1. The minimum absolute atomic E-state index is 0.257. The zero-order chi connectivity index (χ0) is 15.0. The van der Waals surface area contributed by atoms with Crippen LogP contribution in [0.2, 0.25) is 0 Å². The molecule has 1 amide bonds. The van der Waals surface area contributed by atoms with Crippen LogP contribution in [0.3, 0.4) is 0 Å². The lowest BCUT2D eigenvalue weighted by Crippen LogP contribution is -2.44. The fourth-order valence-corrected chi connectivity index (χ4v) is 3.83. The van der Waals surface area contributed by atoms with E-state index in [2.05, 4.69) is 29.6 Å². The number of carbonyl (C=O) groups excluding carboxylic acids is 1. The topological polar surface area (TPSA) is 38.3 Å². The van der Waals surface area contributed by atoms with E-state index in [1.807, 2.05) is 20.8 Å². The summed E-state index contributed by atoms with van der Waals surface area (Å²) in [6, 6.07) is 8.97. The number of fused-ring (bicyclic) bond motifs is 3. The SMILES string of the molecule is CC(C)(C)OC(=O)NC1C2CCC1Cc1ccccc1C2. The highest BCUT2D eigenvalue weighted by molar-refractivity contribution is 5.68. The van der Waals surface area contributed by atoms with Gasteiger partial charge in [-0.3, -0.25) is 0 Å². The van der Waals surface area contributed by atoms with Crippen molar-refractivity contribution in [2.24, 2.45) is 11.8 Å². The van der Waals surface area contributed by atoms with Crippen LogP contribution in [0.5, 0.6) is 0 Å². The molecule has 2 bridgehead atoms. The van der Waals surface area contributed by atoms with Crippen molar-refractivity contribution < 1.29 is 9.53 Å². The van der Waals surface area contributed by atoms with E-state index in [0.29, 0.717) is 11.8 Å². The Bertz CT molecular complexity index is 499. The fraction of sp³-hybridized carbons (Fsp3) is 0.611. The first-order valence-corrected chi connectivity index (χ1v) is 7.99. The molecule has 0 spiro atoms. The van der Waals surface area contributed by atoms with Crippen molar-refractivity contribution in [3.8, 4) is 0 Å². The molecule has 2 aliphatic carbocycles. The van der Waals surface area contributed by atoms with Gasteiger partial charge in [0, 0.05) is 6.04 Å². The number of nitrogens with one attached hydrogen (secondary N) is 1. The van der Waals surface area contributed by atoms with Gasteiger partial charge in [0.2, 0.25) is 0 Å². The first-order chi connectivity index (χ1) is 9.92. The molecule has 3 rings (SSSR count). The molecule has 1 N–H and O–H groups in total. The van der Waals surface area contributed by atoms with Crippen LogP contribution in [0.4, 0.5) is 4.79 Å². The Balaban J connectivity index is 1.73. The molecule has 3 nitrogen and oxygen atoms in total. The third-order valence-corrected chi connectivity index (χ3v) is 4.69. The van der Waals surface area contributed by atoms with Crippen LogP contribution >= 0.6 is 0 Å². The molecule has 1 saturated carbocycles. The number of amides is 1. The Morgan fingerprint density at radius 1 is 1.10 bits per heavy atom.